The van der Waals surface area contributed by atoms with Crippen LogP contribution in [0.3, 0.4) is 0 Å². The van der Waals surface area contributed by atoms with Crippen molar-refractivity contribution >= 4 is 23.6 Å². The van der Waals surface area contributed by atoms with Crippen LogP contribution in [0.1, 0.15) is 24.1 Å². The summed E-state index contributed by atoms with van der Waals surface area (Å²) in [6.07, 6.45) is 2.46. The molecule has 0 aromatic carbocycles. The molecule has 1 aromatic heterocycles. The van der Waals surface area contributed by atoms with Gasteiger partial charge in [0.2, 0.25) is 0 Å². The number of pyridine rings is 1. The van der Waals surface area contributed by atoms with Crippen LogP contribution < -0.4 is 10.6 Å². The highest BCUT2D eigenvalue weighted by Gasteiger charge is 2.16. The average Bonchev–Trinajstić information content (AvgIpc) is 2.77. The van der Waals surface area contributed by atoms with Crippen molar-refractivity contribution in [2.75, 3.05) is 17.6 Å². The highest BCUT2D eigenvalue weighted by molar-refractivity contribution is 8.00. The number of anilines is 1. The molecule has 18 heavy (non-hydrogen) atoms. The number of urea groups is 1. The molecule has 0 saturated carbocycles. The fourth-order valence-electron chi connectivity index (χ4n) is 2.08. The molecule has 1 saturated heterocycles. The Morgan fingerprint density at radius 2 is 2.33 bits per heavy atom. The third-order valence-electron chi connectivity index (χ3n) is 2.85. The number of nitrogens with zero attached hydrogens (tertiary/aromatic N) is 1. The zero-order valence-corrected chi connectivity index (χ0v) is 11.6. The lowest BCUT2D eigenvalue weighted by atomic mass is 10.2. The third kappa shape index (κ3) is 3.91. The first-order chi connectivity index (χ1) is 8.63. The number of carbonyl (C=O) groups is 1. The fourth-order valence-corrected chi connectivity index (χ4v) is 3.28. The van der Waals surface area contributed by atoms with Crippen molar-refractivity contribution in [3.8, 4) is 0 Å². The summed E-state index contributed by atoms with van der Waals surface area (Å²) in [6.45, 7) is 4.65. The predicted molar refractivity (Wildman–Crippen MR) is 76.2 cm³/mol. The molecule has 4 nitrogen and oxygen atoms in total. The Hall–Kier alpha value is -1.23. The van der Waals surface area contributed by atoms with Crippen molar-refractivity contribution < 1.29 is 4.79 Å². The molecule has 98 valence electrons. The van der Waals surface area contributed by atoms with Crippen LogP contribution in [-0.2, 0) is 0 Å². The van der Waals surface area contributed by atoms with Crippen LogP contribution in [0.25, 0.3) is 0 Å². The van der Waals surface area contributed by atoms with Gasteiger partial charge in [-0.25, -0.2) is 9.78 Å². The number of carbonyl (C=O) groups excluding carboxylic acids is 1. The Bertz CT molecular complexity index is 410. The summed E-state index contributed by atoms with van der Waals surface area (Å²) >= 11 is 1.94. The molecule has 0 radical (unpaired) electrons. The molecule has 5 heteroatoms. The Labute approximate surface area is 112 Å². The maximum atomic E-state index is 11.7. The lowest BCUT2D eigenvalue weighted by Crippen LogP contribution is -2.33. The van der Waals surface area contributed by atoms with E-state index in [-0.39, 0.29) is 6.03 Å². The van der Waals surface area contributed by atoms with Crippen molar-refractivity contribution in [2.45, 2.75) is 31.9 Å². The summed E-state index contributed by atoms with van der Waals surface area (Å²) in [4.78, 5) is 16.0. The quantitative estimate of drug-likeness (QED) is 0.883. The van der Waals surface area contributed by atoms with Crippen LogP contribution in [0.15, 0.2) is 12.1 Å². The minimum atomic E-state index is -0.167. The molecular weight excluding hydrogens is 246 g/mol. The number of nitrogens with one attached hydrogen (secondary N) is 2. The number of thioether (sulfide) groups is 1. The zero-order chi connectivity index (χ0) is 13.0. The van der Waals surface area contributed by atoms with Gasteiger partial charge < -0.3 is 5.32 Å². The van der Waals surface area contributed by atoms with Gasteiger partial charge in [0.25, 0.3) is 0 Å². The maximum Gasteiger partial charge on any atom is 0.320 e. The van der Waals surface area contributed by atoms with E-state index in [4.69, 9.17) is 0 Å². The summed E-state index contributed by atoms with van der Waals surface area (Å²) in [6, 6.07) is 3.69. The van der Waals surface area contributed by atoms with E-state index in [1.807, 2.05) is 37.7 Å². The van der Waals surface area contributed by atoms with Crippen LogP contribution in [0.2, 0.25) is 0 Å². The molecule has 1 fully saturated rings. The van der Waals surface area contributed by atoms with Gasteiger partial charge in [0.05, 0.1) is 0 Å². The Balaban J connectivity index is 1.82. The van der Waals surface area contributed by atoms with Crippen molar-refractivity contribution in [3.63, 3.8) is 0 Å². The molecule has 1 aromatic rings. The molecule has 1 aliphatic rings. The van der Waals surface area contributed by atoms with E-state index in [9.17, 15) is 4.79 Å². The molecule has 0 spiro atoms. The third-order valence-corrected chi connectivity index (χ3v) is 4.25. The van der Waals surface area contributed by atoms with Gasteiger partial charge in [-0.1, -0.05) is 0 Å². The Kier molecular flexibility index (Phi) is 4.47. The minimum Gasteiger partial charge on any atom is -0.337 e. The molecule has 2 rings (SSSR count). The van der Waals surface area contributed by atoms with Crippen LogP contribution in [-0.4, -0.2) is 28.6 Å². The SMILES string of the molecule is Cc1cc(C)nc(NC(=O)NC[C@@H]2CCCS2)c1. The van der Waals surface area contributed by atoms with E-state index in [0.717, 1.165) is 17.8 Å². The van der Waals surface area contributed by atoms with Crippen LogP contribution >= 0.6 is 11.8 Å². The summed E-state index contributed by atoms with van der Waals surface area (Å²) in [7, 11) is 0. The molecule has 0 unspecified atom stereocenters. The first-order valence-corrected chi connectivity index (χ1v) is 7.30. The summed E-state index contributed by atoms with van der Waals surface area (Å²) in [5.41, 5.74) is 2.01. The van der Waals surface area contributed by atoms with Crippen LogP contribution in [0, 0.1) is 13.8 Å². The lowest BCUT2D eigenvalue weighted by molar-refractivity contribution is 0.252. The van der Waals surface area contributed by atoms with Gasteiger partial charge in [0, 0.05) is 17.5 Å². The van der Waals surface area contributed by atoms with Crippen molar-refractivity contribution in [1.82, 2.24) is 10.3 Å². The predicted octanol–water partition coefficient (Wildman–Crippen LogP) is 2.72. The topological polar surface area (TPSA) is 54.0 Å². The summed E-state index contributed by atoms with van der Waals surface area (Å²) in [5, 5.41) is 6.25. The van der Waals surface area contributed by atoms with E-state index < -0.39 is 0 Å². The Morgan fingerprint density at radius 3 is 3.00 bits per heavy atom. The van der Waals surface area contributed by atoms with Gasteiger partial charge >= 0.3 is 6.03 Å². The van der Waals surface area contributed by atoms with Crippen LogP contribution in [0.5, 0.6) is 0 Å². The largest absolute Gasteiger partial charge is 0.337 e. The molecular formula is C13H19N3OS. The highest BCUT2D eigenvalue weighted by atomic mass is 32.2. The van der Waals surface area contributed by atoms with Gasteiger partial charge in [-0.05, 0) is 50.1 Å². The van der Waals surface area contributed by atoms with Gasteiger partial charge in [0.1, 0.15) is 5.82 Å². The fraction of sp³-hybridized carbons (Fsp3) is 0.538. The molecule has 2 N–H and O–H groups in total. The second-order valence-corrected chi connectivity index (χ2v) is 6.05. The monoisotopic (exact) mass is 265 g/mol. The van der Waals surface area contributed by atoms with Gasteiger partial charge in [0.15, 0.2) is 0 Å². The van der Waals surface area contributed by atoms with E-state index in [2.05, 4.69) is 15.6 Å². The van der Waals surface area contributed by atoms with Gasteiger partial charge in [-0.3, -0.25) is 5.32 Å². The maximum absolute atomic E-state index is 11.7. The molecule has 2 amide bonds. The standard InChI is InChI=1S/C13H19N3OS/c1-9-6-10(2)15-12(7-9)16-13(17)14-8-11-4-3-5-18-11/h6-7,11H,3-5,8H2,1-2H3,(H2,14,15,16,17)/t11-/m0/s1. The molecule has 2 heterocycles. The number of amides is 2. The van der Waals surface area contributed by atoms with Crippen molar-refractivity contribution in [2.24, 2.45) is 0 Å². The number of rotatable bonds is 3. The zero-order valence-electron chi connectivity index (χ0n) is 10.8. The second kappa shape index (κ2) is 6.09. The smallest absolute Gasteiger partial charge is 0.320 e. The minimum absolute atomic E-state index is 0.167. The van der Waals surface area contributed by atoms with Crippen molar-refractivity contribution in [1.29, 1.82) is 0 Å². The van der Waals surface area contributed by atoms with Crippen molar-refractivity contribution in [3.05, 3.63) is 23.4 Å². The van der Waals surface area contributed by atoms with Crippen LogP contribution in [0.4, 0.5) is 10.6 Å². The number of aryl methyl sites for hydroxylation is 2. The first kappa shape index (κ1) is 13.2. The Morgan fingerprint density at radius 1 is 1.50 bits per heavy atom. The molecule has 0 aliphatic carbocycles. The average molecular weight is 265 g/mol. The van der Waals surface area contributed by atoms with E-state index >= 15 is 0 Å². The van der Waals surface area contributed by atoms with E-state index in [1.165, 1.54) is 18.6 Å². The number of aromatic nitrogens is 1. The first-order valence-electron chi connectivity index (χ1n) is 6.25. The molecule has 0 bridgehead atoms. The normalized spacial score (nSPS) is 18.7. The van der Waals surface area contributed by atoms with Gasteiger partial charge in [-0.15, -0.1) is 0 Å². The van der Waals surface area contributed by atoms with E-state index in [1.54, 1.807) is 0 Å². The van der Waals surface area contributed by atoms with Gasteiger partial charge in [-0.2, -0.15) is 11.8 Å². The second-order valence-electron chi connectivity index (χ2n) is 4.64. The molecule has 1 aliphatic heterocycles. The number of hydrogen-bond donors (Lipinski definition) is 2. The summed E-state index contributed by atoms with van der Waals surface area (Å²) in [5.74, 6) is 1.83. The number of hydrogen-bond acceptors (Lipinski definition) is 3. The highest BCUT2D eigenvalue weighted by Crippen LogP contribution is 2.25. The van der Waals surface area contributed by atoms with E-state index in [0.29, 0.717) is 11.1 Å². The molecule has 1 atom stereocenters. The summed E-state index contributed by atoms with van der Waals surface area (Å²) < 4.78 is 0. The lowest BCUT2D eigenvalue weighted by Gasteiger charge is -2.11.